The molecule has 1 aliphatic heterocycles. The maximum atomic E-state index is 5.56. The summed E-state index contributed by atoms with van der Waals surface area (Å²) in [4.78, 5) is 0. The van der Waals surface area contributed by atoms with Crippen molar-refractivity contribution in [1.82, 2.24) is 5.32 Å². The van der Waals surface area contributed by atoms with Crippen molar-refractivity contribution in [1.29, 1.82) is 0 Å². The molecule has 1 aromatic rings. The molecule has 1 aromatic carbocycles. The molecule has 100 valence electrons. The summed E-state index contributed by atoms with van der Waals surface area (Å²) >= 11 is 0. The van der Waals surface area contributed by atoms with Crippen LogP contribution in [0.5, 0.6) is 5.75 Å². The minimum atomic E-state index is 0.621. The molecule has 0 radical (unpaired) electrons. The van der Waals surface area contributed by atoms with Crippen molar-refractivity contribution in [3.63, 3.8) is 0 Å². The molecule has 0 amide bonds. The smallest absolute Gasteiger partial charge is 0.122 e. The molecule has 1 unspecified atom stereocenters. The van der Waals surface area contributed by atoms with Gasteiger partial charge in [-0.25, -0.2) is 0 Å². The largest absolute Gasteiger partial charge is 0.493 e. The van der Waals surface area contributed by atoms with Gasteiger partial charge in [0.15, 0.2) is 0 Å². The van der Waals surface area contributed by atoms with E-state index >= 15 is 0 Å². The quantitative estimate of drug-likeness (QED) is 0.798. The predicted octanol–water partition coefficient (Wildman–Crippen LogP) is 3.33. The highest BCUT2D eigenvalue weighted by atomic mass is 16.5. The van der Waals surface area contributed by atoms with Gasteiger partial charge in [-0.15, -0.1) is 0 Å². The molecule has 2 heteroatoms. The van der Waals surface area contributed by atoms with Crippen LogP contribution in [0.1, 0.15) is 44.2 Å². The Bertz CT molecular complexity index is 375. The molecule has 1 heterocycles. The number of hydrogen-bond donors (Lipinski definition) is 1. The lowest BCUT2D eigenvalue weighted by Gasteiger charge is -2.18. The van der Waals surface area contributed by atoms with E-state index in [9.17, 15) is 0 Å². The first-order valence-electron chi connectivity index (χ1n) is 7.31. The van der Waals surface area contributed by atoms with Gasteiger partial charge in [0.2, 0.25) is 0 Å². The van der Waals surface area contributed by atoms with Gasteiger partial charge in [-0.3, -0.25) is 0 Å². The number of benzene rings is 1. The second-order valence-electron chi connectivity index (χ2n) is 5.18. The molecule has 0 bridgehead atoms. The van der Waals surface area contributed by atoms with E-state index in [2.05, 4.69) is 37.4 Å². The Hall–Kier alpha value is -1.02. The summed E-state index contributed by atoms with van der Waals surface area (Å²) in [6.07, 6.45) is 5.92. The fraction of sp³-hybridized carbons (Fsp3) is 0.625. The average molecular weight is 247 g/mol. The number of ether oxygens (including phenoxy) is 1. The lowest BCUT2D eigenvalue weighted by Crippen LogP contribution is -2.31. The molecule has 0 saturated carbocycles. The summed E-state index contributed by atoms with van der Waals surface area (Å²) in [7, 11) is 0. The molecule has 0 aromatic heterocycles. The summed E-state index contributed by atoms with van der Waals surface area (Å²) in [6, 6.07) is 7.31. The summed E-state index contributed by atoms with van der Waals surface area (Å²) in [6.45, 7) is 6.46. The van der Waals surface area contributed by atoms with Gasteiger partial charge in [0.25, 0.3) is 0 Å². The molecule has 2 nitrogen and oxygen atoms in total. The Kier molecular flexibility index (Phi) is 5.06. The predicted molar refractivity (Wildman–Crippen MR) is 76.3 cm³/mol. The van der Waals surface area contributed by atoms with Gasteiger partial charge >= 0.3 is 0 Å². The van der Waals surface area contributed by atoms with Crippen LogP contribution >= 0.6 is 0 Å². The highest BCUT2D eigenvalue weighted by molar-refractivity contribution is 5.40. The first-order valence-corrected chi connectivity index (χ1v) is 7.31. The molecule has 0 aliphatic carbocycles. The fourth-order valence-electron chi connectivity index (χ4n) is 2.62. The Balaban J connectivity index is 1.97. The zero-order valence-electron chi connectivity index (χ0n) is 11.7. The van der Waals surface area contributed by atoms with E-state index in [1.165, 1.54) is 30.4 Å². The lowest BCUT2D eigenvalue weighted by molar-refractivity contribution is 0.356. The van der Waals surface area contributed by atoms with E-state index in [4.69, 9.17) is 4.74 Å². The summed E-state index contributed by atoms with van der Waals surface area (Å²) in [5.74, 6) is 1.09. The molecule has 1 atom stereocenters. The van der Waals surface area contributed by atoms with Crippen molar-refractivity contribution >= 4 is 0 Å². The summed E-state index contributed by atoms with van der Waals surface area (Å²) < 4.78 is 5.56. The van der Waals surface area contributed by atoms with E-state index < -0.39 is 0 Å². The molecule has 18 heavy (non-hydrogen) atoms. The van der Waals surface area contributed by atoms with Crippen LogP contribution < -0.4 is 10.1 Å². The highest BCUT2D eigenvalue weighted by Gasteiger charge is 2.14. The number of nitrogens with one attached hydrogen (secondary N) is 1. The second kappa shape index (κ2) is 6.79. The van der Waals surface area contributed by atoms with Crippen molar-refractivity contribution in [2.45, 2.75) is 52.0 Å². The summed E-state index contributed by atoms with van der Waals surface area (Å²) in [5, 5.41) is 3.66. The van der Waals surface area contributed by atoms with Crippen LogP contribution in [0.2, 0.25) is 0 Å². The van der Waals surface area contributed by atoms with Crippen molar-refractivity contribution < 1.29 is 4.74 Å². The van der Waals surface area contributed by atoms with Crippen molar-refractivity contribution in [2.24, 2.45) is 0 Å². The zero-order valence-corrected chi connectivity index (χ0v) is 11.7. The zero-order chi connectivity index (χ0) is 12.8. The van der Waals surface area contributed by atoms with Crippen LogP contribution in [0.3, 0.4) is 0 Å². The normalized spacial score (nSPS) is 15.2. The number of hydrogen-bond acceptors (Lipinski definition) is 2. The Labute approximate surface area is 111 Å². The van der Waals surface area contributed by atoms with E-state index in [-0.39, 0.29) is 0 Å². The van der Waals surface area contributed by atoms with Gasteiger partial charge in [0.1, 0.15) is 5.75 Å². The first kappa shape index (κ1) is 13.4. The van der Waals surface area contributed by atoms with E-state index in [0.29, 0.717) is 6.04 Å². The molecule has 0 spiro atoms. The second-order valence-corrected chi connectivity index (χ2v) is 5.18. The lowest BCUT2D eigenvalue weighted by atomic mass is 9.99. The van der Waals surface area contributed by atoms with Gasteiger partial charge in [-0.2, -0.15) is 0 Å². The Morgan fingerprint density at radius 3 is 2.94 bits per heavy atom. The highest BCUT2D eigenvalue weighted by Crippen LogP contribution is 2.26. The van der Waals surface area contributed by atoms with Gasteiger partial charge in [0, 0.05) is 12.5 Å². The van der Waals surface area contributed by atoms with Crippen LogP contribution in [0.4, 0.5) is 0 Å². The standard InChI is InChI=1S/C16H25NO/c1-3-5-15(17-9-4-2)12-13-6-7-16-14(11-13)8-10-18-16/h6-7,11,15,17H,3-5,8-10,12H2,1-2H3. The van der Waals surface area contributed by atoms with Gasteiger partial charge in [-0.1, -0.05) is 32.4 Å². The van der Waals surface area contributed by atoms with Crippen LogP contribution in [0.25, 0.3) is 0 Å². The van der Waals surface area contributed by atoms with Gasteiger partial charge < -0.3 is 10.1 Å². The molecule has 0 saturated heterocycles. The van der Waals surface area contributed by atoms with Crippen molar-refractivity contribution in [2.75, 3.05) is 13.2 Å². The Morgan fingerprint density at radius 1 is 1.28 bits per heavy atom. The summed E-state index contributed by atoms with van der Waals surface area (Å²) in [5.41, 5.74) is 2.83. The fourth-order valence-corrected chi connectivity index (χ4v) is 2.62. The Morgan fingerprint density at radius 2 is 2.17 bits per heavy atom. The van der Waals surface area contributed by atoms with Gasteiger partial charge in [-0.05, 0) is 43.0 Å². The number of rotatable bonds is 7. The molecular formula is C16H25NO. The monoisotopic (exact) mass is 247 g/mol. The van der Waals surface area contributed by atoms with Crippen molar-refractivity contribution in [3.8, 4) is 5.75 Å². The minimum absolute atomic E-state index is 0.621. The number of fused-ring (bicyclic) bond motifs is 1. The maximum absolute atomic E-state index is 5.56. The third-order valence-corrected chi connectivity index (χ3v) is 3.56. The van der Waals surface area contributed by atoms with Crippen LogP contribution in [-0.2, 0) is 12.8 Å². The van der Waals surface area contributed by atoms with Gasteiger partial charge in [0.05, 0.1) is 6.61 Å². The van der Waals surface area contributed by atoms with Crippen LogP contribution in [0, 0.1) is 0 Å². The third-order valence-electron chi connectivity index (χ3n) is 3.56. The topological polar surface area (TPSA) is 21.3 Å². The molecule has 1 aliphatic rings. The molecule has 2 rings (SSSR count). The minimum Gasteiger partial charge on any atom is -0.493 e. The van der Waals surface area contributed by atoms with Crippen LogP contribution in [-0.4, -0.2) is 19.2 Å². The van der Waals surface area contributed by atoms with E-state index in [1.54, 1.807) is 0 Å². The maximum Gasteiger partial charge on any atom is 0.122 e. The molecule has 0 fully saturated rings. The molecular weight excluding hydrogens is 222 g/mol. The molecule has 1 N–H and O–H groups in total. The first-order chi connectivity index (χ1) is 8.83. The van der Waals surface area contributed by atoms with Crippen molar-refractivity contribution in [3.05, 3.63) is 29.3 Å². The SMILES string of the molecule is CCCNC(CCC)Cc1ccc2c(c1)CCO2. The average Bonchev–Trinajstić information content (AvgIpc) is 2.83. The van der Waals surface area contributed by atoms with E-state index in [0.717, 1.165) is 31.7 Å². The van der Waals surface area contributed by atoms with E-state index in [1.807, 2.05) is 0 Å². The third kappa shape index (κ3) is 3.49. The van der Waals surface area contributed by atoms with Crippen LogP contribution in [0.15, 0.2) is 18.2 Å².